The number of carboxylic acid groups (broad SMARTS) is 1. The lowest BCUT2D eigenvalue weighted by Gasteiger charge is -2.45. The van der Waals surface area contributed by atoms with Gasteiger partial charge in [-0.1, -0.05) is 87.3 Å². The summed E-state index contributed by atoms with van der Waals surface area (Å²) in [5.41, 5.74) is -8.62. The SMILES string of the molecule is [C-]#[N+]C(C)(CCC(=O)CCCOCCOCCC(=O)CCCCCCO[C@@H]1O[C@H](CO)[C@H](O)[C@H](O)[C@H]1NC(C)=O)CC(C)(CC(C)(CC(C)(CC(CCC)(CC(C)(SC(=S)SCC)C(=O)OCCSSc1ccccn1)C(=O)O)C(=O)OCCCC)C(=O)OCCN(C)C)C(=O)OCCOC. The Bertz CT molecular complexity index is 2740. The van der Waals surface area contributed by atoms with E-state index in [1.807, 2.05) is 36.9 Å². The van der Waals surface area contributed by atoms with Crippen LogP contribution in [0.4, 0.5) is 0 Å². The first-order valence-electron chi connectivity index (χ1n) is 35.0. The summed E-state index contributed by atoms with van der Waals surface area (Å²) in [4.78, 5) is 122. The van der Waals surface area contributed by atoms with Gasteiger partial charge in [-0.05, 0) is 128 Å². The molecule has 0 spiro atoms. The van der Waals surface area contributed by atoms with Crippen LogP contribution in [0.15, 0.2) is 29.4 Å². The van der Waals surface area contributed by atoms with Crippen LogP contribution in [0.5, 0.6) is 0 Å². The number of thioether (sulfide) groups is 2. The van der Waals surface area contributed by atoms with Crippen LogP contribution in [-0.4, -0.2) is 234 Å². The van der Waals surface area contributed by atoms with Crippen molar-refractivity contribution in [2.75, 3.05) is 112 Å². The number of amides is 1. The molecule has 0 bridgehead atoms. The summed E-state index contributed by atoms with van der Waals surface area (Å²) < 4.78 is 50.6. The molecule has 1 amide bonds. The number of ether oxygens (including phenoxy) is 9. The lowest BCUT2D eigenvalue weighted by Crippen LogP contribution is -2.64. The fourth-order valence-corrected chi connectivity index (χ4v) is 17.4. The normalized spacial score (nSPS) is 19.7. The van der Waals surface area contributed by atoms with E-state index in [4.69, 9.17) is 61.4 Å². The Hall–Kier alpha value is -4.07. The Balaban J connectivity index is 2.31. The highest BCUT2D eigenvalue weighted by molar-refractivity contribution is 8.76. The van der Waals surface area contributed by atoms with Gasteiger partial charge in [0.2, 0.25) is 11.4 Å². The number of pyridine rings is 1. The standard InChI is InChI=1S/C71H116N4O21S5/c1-14-17-35-92-63(86)68(7,49-71(30-15-2,60(82)83)50-70(9,100-65(97)98-16-3)64(87)95-43-44-99-101-55-27-21-22-32-73-55)47-66(5,61(84)93-38-33-75(11)12)46-67(6,62(85)94-42-39-88-13)48-69(8,72-10)31-28-52(78)26-24-34-89-40-41-90-37-29-53(79)25-20-18-19-23-36-91-59-56(74-51(4)77)58(81)57(80)54(45-76)96-59/h21-22,27,32,54,56-59,76,80-81H,14-20,23-26,28-31,33-50H2,1-9,11-13H3,(H,74,77)(H,82,83)/t54-,56-,57+,58-,59-,66?,67?,68?,69?,70?,71?/m1/s1. The quantitative estimate of drug-likeness (QED) is 0.0101. The minimum Gasteiger partial charge on any atom is -0.481 e. The predicted molar refractivity (Wildman–Crippen MR) is 395 cm³/mol. The van der Waals surface area contributed by atoms with E-state index in [0.717, 1.165) is 29.6 Å². The van der Waals surface area contributed by atoms with Crippen LogP contribution in [0.3, 0.4) is 0 Å². The lowest BCUT2D eigenvalue weighted by atomic mass is 9.58. The van der Waals surface area contributed by atoms with Crippen LogP contribution < -0.4 is 5.32 Å². The number of unbranched alkanes of at least 4 members (excludes halogenated alkanes) is 4. The summed E-state index contributed by atoms with van der Waals surface area (Å²) in [6, 6.07) is 4.52. The maximum absolute atomic E-state index is 15.2. The van der Waals surface area contributed by atoms with Gasteiger partial charge in [0.1, 0.15) is 69.0 Å². The van der Waals surface area contributed by atoms with E-state index in [1.54, 1.807) is 61.8 Å². The predicted octanol–water partition coefficient (Wildman–Crippen LogP) is 10.1. The van der Waals surface area contributed by atoms with Crippen LogP contribution in [0.1, 0.15) is 184 Å². The van der Waals surface area contributed by atoms with E-state index in [2.05, 4.69) is 15.1 Å². The Kier molecular flexibility index (Phi) is 45.1. The zero-order valence-electron chi connectivity index (χ0n) is 61.6. The highest BCUT2D eigenvalue weighted by atomic mass is 33.1. The number of hydrogen-bond donors (Lipinski definition) is 5. The molecular formula is C71H116N4O21S5. The Morgan fingerprint density at radius 3 is 1.89 bits per heavy atom. The molecule has 1 saturated heterocycles. The summed E-state index contributed by atoms with van der Waals surface area (Å²) in [6.07, 6.45) is 0.247. The Morgan fingerprint density at radius 2 is 1.30 bits per heavy atom. The smallest absolute Gasteiger partial charge is 0.322 e. The number of carbonyl (C=O) groups excluding carboxylic acids is 7. The van der Waals surface area contributed by atoms with Gasteiger partial charge in [0.25, 0.3) is 0 Å². The summed E-state index contributed by atoms with van der Waals surface area (Å²) in [7, 11) is 7.88. The van der Waals surface area contributed by atoms with Crippen LogP contribution in [-0.2, 0) is 81.0 Å². The number of ketones is 2. The zero-order chi connectivity index (χ0) is 75.7. The average Bonchev–Trinajstić information content (AvgIpc) is 0.762. The number of esters is 4. The Morgan fingerprint density at radius 1 is 0.683 bits per heavy atom. The number of thiocarbonyl (C=S) groups is 1. The molecule has 1 aliphatic heterocycles. The number of aliphatic carboxylic acids is 1. The van der Waals surface area contributed by atoms with Gasteiger partial charge < -0.3 is 78.1 Å². The van der Waals surface area contributed by atoms with Gasteiger partial charge in [0.05, 0.1) is 61.3 Å². The molecule has 0 saturated carbocycles. The third-order valence-electron chi connectivity index (χ3n) is 17.3. The molecule has 0 aromatic carbocycles. The van der Waals surface area contributed by atoms with Gasteiger partial charge in [-0.2, -0.15) is 0 Å². The number of likely N-dealkylation sites (N-methyl/N-ethyl adjacent to an activating group) is 1. The van der Waals surface area contributed by atoms with E-state index in [1.165, 1.54) is 47.4 Å². The topological polar surface area (TPSA) is 333 Å². The minimum atomic E-state index is -1.86. The molecule has 2 heterocycles. The molecule has 2 rings (SSSR count). The molecule has 0 radical (unpaired) electrons. The third-order valence-corrected chi connectivity index (χ3v) is 22.2. The molecule has 11 atom stereocenters. The van der Waals surface area contributed by atoms with E-state index < -0.39 is 118 Å². The molecule has 30 heteroatoms. The largest absolute Gasteiger partial charge is 0.481 e. The van der Waals surface area contributed by atoms with Gasteiger partial charge >= 0.3 is 29.8 Å². The van der Waals surface area contributed by atoms with E-state index in [-0.39, 0.29) is 129 Å². The molecule has 1 fully saturated rings. The van der Waals surface area contributed by atoms with Gasteiger partial charge in [0, 0.05) is 91.2 Å². The fraction of sp³-hybridized carbons (Fsp3) is 0.789. The van der Waals surface area contributed by atoms with Crippen molar-refractivity contribution in [1.82, 2.24) is 15.2 Å². The first-order chi connectivity index (χ1) is 47.8. The van der Waals surface area contributed by atoms with E-state index in [0.29, 0.717) is 66.5 Å². The highest BCUT2D eigenvalue weighted by Gasteiger charge is 2.59. The number of Topliss-reactive ketones (excluding diaryl/α,β-unsaturated/α-hetero) is 2. The van der Waals surface area contributed by atoms with Crippen molar-refractivity contribution in [1.29, 1.82) is 0 Å². The molecule has 1 aromatic rings. The highest BCUT2D eigenvalue weighted by Crippen LogP contribution is 2.55. The van der Waals surface area contributed by atoms with Crippen molar-refractivity contribution in [2.45, 2.75) is 230 Å². The summed E-state index contributed by atoms with van der Waals surface area (Å²) >= 11 is 8.15. The number of carbonyl (C=O) groups is 8. The molecule has 25 nitrogen and oxygen atoms in total. The number of hydrogen-bond acceptors (Lipinski definition) is 27. The maximum Gasteiger partial charge on any atom is 0.322 e. The second-order valence-electron chi connectivity index (χ2n) is 27.4. The second-order valence-corrected chi connectivity index (χ2v) is 33.8. The number of rotatable bonds is 56. The zero-order valence-corrected chi connectivity index (χ0v) is 65.7. The van der Waals surface area contributed by atoms with Crippen LogP contribution in [0.25, 0.3) is 4.85 Å². The van der Waals surface area contributed by atoms with Crippen molar-refractivity contribution < 1.29 is 101 Å². The van der Waals surface area contributed by atoms with Crippen molar-refractivity contribution in [3.63, 3.8) is 0 Å². The first kappa shape index (κ1) is 93.0. The summed E-state index contributed by atoms with van der Waals surface area (Å²) in [6.45, 7) is 24.0. The number of carboxylic acids is 1. The van der Waals surface area contributed by atoms with Crippen molar-refractivity contribution >= 4 is 108 Å². The van der Waals surface area contributed by atoms with Crippen LogP contribution in [0.2, 0.25) is 0 Å². The summed E-state index contributed by atoms with van der Waals surface area (Å²) in [5, 5.41) is 45.2. The average molecular weight is 1520 g/mol. The number of aliphatic hydroxyl groups excluding tert-OH is 3. The Labute approximate surface area is 620 Å². The minimum absolute atomic E-state index is 0.0116. The van der Waals surface area contributed by atoms with E-state index in [9.17, 15) is 49.2 Å². The summed E-state index contributed by atoms with van der Waals surface area (Å²) in [5.74, 6) is -3.95. The third kappa shape index (κ3) is 34.4. The molecule has 576 valence electrons. The van der Waals surface area contributed by atoms with Gasteiger partial charge in [-0.25, -0.2) is 11.6 Å². The fourth-order valence-electron chi connectivity index (χ4n) is 12.5. The maximum atomic E-state index is 15.2. The first-order valence-corrected chi connectivity index (χ1v) is 39.5. The van der Waals surface area contributed by atoms with Crippen LogP contribution in [0, 0.1) is 28.2 Å². The van der Waals surface area contributed by atoms with E-state index >= 15 is 9.59 Å². The molecule has 1 aliphatic rings. The number of aliphatic hydroxyl groups is 3. The number of nitrogens with zero attached hydrogens (tertiary/aromatic N) is 3. The van der Waals surface area contributed by atoms with Gasteiger partial charge in [0.15, 0.2) is 6.29 Å². The van der Waals surface area contributed by atoms with Gasteiger partial charge in [-0.15, -0.1) is 11.8 Å². The molecule has 0 aliphatic carbocycles. The molecule has 6 unspecified atom stereocenters. The molecule has 1 aromatic heterocycles. The monoisotopic (exact) mass is 1520 g/mol. The number of methoxy groups -OCH3 is 1. The molecule has 5 N–H and O–H groups in total. The van der Waals surface area contributed by atoms with Crippen molar-refractivity contribution in [3.8, 4) is 0 Å². The van der Waals surface area contributed by atoms with Gasteiger partial charge in [-0.3, -0.25) is 38.4 Å². The number of nitrogens with one attached hydrogen (secondary N) is 1. The molecule has 101 heavy (non-hydrogen) atoms. The molecular weight excluding hydrogens is 1410 g/mol. The van der Waals surface area contributed by atoms with Crippen molar-refractivity contribution in [2.24, 2.45) is 21.7 Å². The lowest BCUT2D eigenvalue weighted by molar-refractivity contribution is -0.270. The van der Waals surface area contributed by atoms with Crippen LogP contribution >= 0.6 is 57.3 Å². The van der Waals surface area contributed by atoms with Crippen molar-refractivity contribution in [3.05, 3.63) is 35.8 Å². The second kappa shape index (κ2) is 48.9. The number of aromatic nitrogens is 1.